The van der Waals surface area contributed by atoms with Gasteiger partial charge < -0.3 is 9.80 Å². The number of carbonyl (C=O) groups is 1. The molecule has 1 atom stereocenters. The molecule has 1 aliphatic rings. The van der Waals surface area contributed by atoms with Crippen LogP contribution in [0.3, 0.4) is 0 Å². The van der Waals surface area contributed by atoms with Crippen LogP contribution < -0.4 is 0 Å². The Balaban J connectivity index is 1.83. The van der Waals surface area contributed by atoms with Gasteiger partial charge >= 0.3 is 0 Å². The molecule has 0 unspecified atom stereocenters. The van der Waals surface area contributed by atoms with E-state index in [0.29, 0.717) is 12.3 Å². The van der Waals surface area contributed by atoms with E-state index in [1.165, 1.54) is 0 Å². The quantitative estimate of drug-likeness (QED) is 0.814. The van der Waals surface area contributed by atoms with Crippen molar-refractivity contribution in [1.82, 2.24) is 24.6 Å². The number of pyridine rings is 1. The van der Waals surface area contributed by atoms with Gasteiger partial charge in [-0.1, -0.05) is 6.92 Å². The Kier molecular flexibility index (Phi) is 5.14. The van der Waals surface area contributed by atoms with E-state index in [4.69, 9.17) is 5.10 Å². The summed E-state index contributed by atoms with van der Waals surface area (Å²) in [5.41, 5.74) is 2.05. The van der Waals surface area contributed by atoms with Crippen molar-refractivity contribution in [1.29, 1.82) is 0 Å². The molecular formula is C18H27N5O. The molecule has 0 radical (unpaired) electrons. The van der Waals surface area contributed by atoms with Crippen LogP contribution in [0.25, 0.3) is 11.0 Å². The number of hydrogen-bond donors (Lipinski definition) is 0. The maximum Gasteiger partial charge on any atom is 0.222 e. The van der Waals surface area contributed by atoms with E-state index >= 15 is 0 Å². The smallest absolute Gasteiger partial charge is 0.222 e. The number of likely N-dealkylation sites (N-methyl/N-ethyl adjacent to an activating group) is 1. The van der Waals surface area contributed by atoms with Crippen molar-refractivity contribution in [2.24, 2.45) is 0 Å². The molecule has 0 aliphatic carbocycles. The highest BCUT2D eigenvalue weighted by molar-refractivity contribution is 5.80. The first-order chi connectivity index (χ1) is 11.6. The SMILES string of the molecule is CCCC(=O)N1CC[C@@H](c2nn(CCN(C)C)c3ncccc23)C1. The molecule has 2 aromatic heterocycles. The van der Waals surface area contributed by atoms with Crippen LogP contribution in [0.5, 0.6) is 0 Å². The van der Waals surface area contributed by atoms with Gasteiger partial charge in [-0.3, -0.25) is 4.79 Å². The number of amides is 1. The van der Waals surface area contributed by atoms with Crippen molar-refractivity contribution in [2.45, 2.75) is 38.6 Å². The third kappa shape index (κ3) is 3.43. The second-order valence-electron chi connectivity index (χ2n) is 6.86. The molecule has 0 spiro atoms. The Labute approximate surface area is 143 Å². The van der Waals surface area contributed by atoms with E-state index in [2.05, 4.69) is 37.0 Å². The molecule has 0 bridgehead atoms. The van der Waals surface area contributed by atoms with E-state index in [1.54, 1.807) is 0 Å². The molecular weight excluding hydrogens is 302 g/mol. The van der Waals surface area contributed by atoms with Gasteiger partial charge in [-0.15, -0.1) is 0 Å². The first kappa shape index (κ1) is 16.9. The topological polar surface area (TPSA) is 54.3 Å². The molecule has 2 aromatic rings. The Morgan fingerprint density at radius 3 is 3.00 bits per heavy atom. The normalized spacial score (nSPS) is 18.0. The van der Waals surface area contributed by atoms with Crippen molar-refractivity contribution in [2.75, 3.05) is 33.7 Å². The van der Waals surface area contributed by atoms with E-state index in [1.807, 2.05) is 21.8 Å². The summed E-state index contributed by atoms with van der Waals surface area (Å²) in [7, 11) is 4.13. The van der Waals surface area contributed by atoms with Crippen LogP contribution in [-0.2, 0) is 11.3 Å². The van der Waals surface area contributed by atoms with Crippen LogP contribution in [0.4, 0.5) is 0 Å². The summed E-state index contributed by atoms with van der Waals surface area (Å²) >= 11 is 0. The van der Waals surface area contributed by atoms with E-state index in [9.17, 15) is 4.79 Å². The van der Waals surface area contributed by atoms with Crippen LogP contribution in [0.15, 0.2) is 18.3 Å². The van der Waals surface area contributed by atoms with E-state index in [-0.39, 0.29) is 5.91 Å². The predicted molar refractivity (Wildman–Crippen MR) is 94.9 cm³/mol. The number of rotatable bonds is 6. The number of carbonyl (C=O) groups excluding carboxylic acids is 1. The van der Waals surface area contributed by atoms with Crippen LogP contribution in [0.1, 0.15) is 37.8 Å². The summed E-state index contributed by atoms with van der Waals surface area (Å²) in [4.78, 5) is 20.8. The standard InChI is InChI=1S/C18H27N5O/c1-4-6-16(24)22-10-8-14(13-22)17-15-7-5-9-19-18(15)23(20-17)12-11-21(2)3/h5,7,9,14H,4,6,8,10-13H2,1-3H3/t14-/m1/s1. The summed E-state index contributed by atoms with van der Waals surface area (Å²) in [5.74, 6) is 0.590. The summed E-state index contributed by atoms with van der Waals surface area (Å²) in [6.07, 6.45) is 4.37. The zero-order chi connectivity index (χ0) is 17.1. The van der Waals surface area contributed by atoms with Crippen molar-refractivity contribution in [3.8, 4) is 0 Å². The molecule has 1 amide bonds. The number of nitrogens with zero attached hydrogens (tertiary/aromatic N) is 5. The zero-order valence-corrected chi connectivity index (χ0v) is 14.9. The molecule has 1 fully saturated rings. The van der Waals surface area contributed by atoms with Crippen LogP contribution in [0.2, 0.25) is 0 Å². The molecule has 0 saturated carbocycles. The van der Waals surface area contributed by atoms with Gasteiger partial charge in [-0.2, -0.15) is 5.10 Å². The fourth-order valence-electron chi connectivity index (χ4n) is 3.37. The highest BCUT2D eigenvalue weighted by atomic mass is 16.2. The van der Waals surface area contributed by atoms with E-state index in [0.717, 1.165) is 55.7 Å². The lowest BCUT2D eigenvalue weighted by Gasteiger charge is -2.15. The fraction of sp³-hybridized carbons (Fsp3) is 0.611. The molecule has 130 valence electrons. The van der Waals surface area contributed by atoms with Gasteiger partial charge in [0.1, 0.15) is 0 Å². The van der Waals surface area contributed by atoms with Gasteiger partial charge in [0.2, 0.25) is 5.91 Å². The zero-order valence-electron chi connectivity index (χ0n) is 14.9. The molecule has 0 N–H and O–H groups in total. The summed E-state index contributed by atoms with van der Waals surface area (Å²) in [5, 5.41) is 6.00. The first-order valence-corrected chi connectivity index (χ1v) is 8.84. The maximum absolute atomic E-state index is 12.2. The molecule has 3 rings (SSSR count). The van der Waals surface area contributed by atoms with Crippen LogP contribution in [0, 0.1) is 0 Å². The lowest BCUT2D eigenvalue weighted by Crippen LogP contribution is -2.28. The molecule has 1 aliphatic heterocycles. The third-order valence-corrected chi connectivity index (χ3v) is 4.69. The minimum atomic E-state index is 0.273. The van der Waals surface area contributed by atoms with Crippen molar-refractivity contribution in [3.63, 3.8) is 0 Å². The number of fused-ring (bicyclic) bond motifs is 1. The lowest BCUT2D eigenvalue weighted by atomic mass is 10.0. The van der Waals surface area contributed by atoms with Crippen LogP contribution >= 0.6 is 0 Å². The Hall–Kier alpha value is -1.95. The highest BCUT2D eigenvalue weighted by Crippen LogP contribution is 2.31. The monoisotopic (exact) mass is 329 g/mol. The van der Waals surface area contributed by atoms with Crippen molar-refractivity contribution in [3.05, 3.63) is 24.0 Å². The summed E-state index contributed by atoms with van der Waals surface area (Å²) < 4.78 is 2.02. The average Bonchev–Trinajstić information content (AvgIpc) is 3.18. The van der Waals surface area contributed by atoms with Gasteiger partial charge in [0, 0.05) is 43.6 Å². The van der Waals surface area contributed by atoms with Gasteiger partial charge in [0.15, 0.2) is 5.65 Å². The largest absolute Gasteiger partial charge is 0.342 e. The van der Waals surface area contributed by atoms with Crippen molar-refractivity contribution < 1.29 is 4.79 Å². The van der Waals surface area contributed by atoms with Crippen molar-refractivity contribution >= 4 is 16.9 Å². The summed E-state index contributed by atoms with van der Waals surface area (Å²) in [6, 6.07) is 4.08. The van der Waals surface area contributed by atoms with Gasteiger partial charge in [0.05, 0.1) is 12.2 Å². The molecule has 6 heteroatoms. The Morgan fingerprint density at radius 1 is 1.42 bits per heavy atom. The molecule has 3 heterocycles. The molecule has 1 saturated heterocycles. The highest BCUT2D eigenvalue weighted by Gasteiger charge is 2.30. The number of aromatic nitrogens is 3. The molecule has 6 nitrogen and oxygen atoms in total. The second-order valence-corrected chi connectivity index (χ2v) is 6.86. The van der Waals surface area contributed by atoms with E-state index < -0.39 is 0 Å². The second kappa shape index (κ2) is 7.30. The first-order valence-electron chi connectivity index (χ1n) is 8.84. The van der Waals surface area contributed by atoms with Crippen LogP contribution in [-0.4, -0.2) is 64.2 Å². The number of hydrogen-bond acceptors (Lipinski definition) is 4. The summed E-state index contributed by atoms with van der Waals surface area (Å²) in [6.45, 7) is 5.44. The molecule has 0 aromatic carbocycles. The Morgan fingerprint density at radius 2 is 2.25 bits per heavy atom. The third-order valence-electron chi connectivity index (χ3n) is 4.69. The maximum atomic E-state index is 12.2. The number of likely N-dealkylation sites (tertiary alicyclic amines) is 1. The average molecular weight is 329 g/mol. The molecule has 24 heavy (non-hydrogen) atoms. The fourth-order valence-corrected chi connectivity index (χ4v) is 3.37. The van der Waals surface area contributed by atoms with Gasteiger partial charge in [0.25, 0.3) is 0 Å². The van der Waals surface area contributed by atoms with Gasteiger partial charge in [-0.25, -0.2) is 9.67 Å². The minimum absolute atomic E-state index is 0.273. The predicted octanol–water partition coefficient (Wildman–Crippen LogP) is 2.11. The lowest BCUT2D eigenvalue weighted by molar-refractivity contribution is -0.130. The van der Waals surface area contributed by atoms with Gasteiger partial charge in [-0.05, 0) is 39.1 Å². The minimum Gasteiger partial charge on any atom is -0.342 e. The Bertz CT molecular complexity index is 708.